The molecule has 0 fully saturated rings. The van der Waals surface area contributed by atoms with Crippen molar-refractivity contribution >= 4 is 33.9 Å². The molecule has 0 amide bonds. The van der Waals surface area contributed by atoms with Gasteiger partial charge < -0.3 is 0 Å². The summed E-state index contributed by atoms with van der Waals surface area (Å²) >= 11 is -0.241. The van der Waals surface area contributed by atoms with Crippen LogP contribution in [0.4, 0.5) is 0 Å². The Bertz CT molecular complexity index is 1070. The molecule has 4 nitrogen and oxygen atoms in total. The van der Waals surface area contributed by atoms with E-state index >= 15 is 0 Å². The summed E-state index contributed by atoms with van der Waals surface area (Å²) in [5, 5.41) is 1.06. The van der Waals surface area contributed by atoms with E-state index in [9.17, 15) is 13.2 Å². The number of ether oxygens (including phenoxy) is 1. The topological polar surface area (TPSA) is 60.4 Å². The maximum atomic E-state index is 12.4. The number of rotatable bonds is 10. The van der Waals surface area contributed by atoms with E-state index in [1.165, 1.54) is 6.26 Å². The first kappa shape index (κ1) is 22.0. The van der Waals surface area contributed by atoms with E-state index in [1.54, 1.807) is 30.3 Å². The molecule has 0 saturated carbocycles. The van der Waals surface area contributed by atoms with Crippen LogP contribution in [0.15, 0.2) is 108 Å². The van der Waals surface area contributed by atoms with Gasteiger partial charge in [-0.1, -0.05) is 0 Å². The first-order chi connectivity index (χ1) is 14.5. The van der Waals surface area contributed by atoms with Crippen molar-refractivity contribution in [2.75, 3.05) is 0 Å². The number of benzene rings is 3. The normalized spacial score (nSPS) is 12.5. The van der Waals surface area contributed by atoms with Gasteiger partial charge in [0.15, 0.2) is 0 Å². The number of carbonyl (C=O) groups is 1. The van der Waals surface area contributed by atoms with Gasteiger partial charge in [0.2, 0.25) is 0 Å². The number of sulfone groups is 1. The van der Waals surface area contributed by atoms with Crippen LogP contribution in [0.1, 0.15) is 24.5 Å². The summed E-state index contributed by atoms with van der Waals surface area (Å²) < 4.78 is 31.8. The summed E-state index contributed by atoms with van der Waals surface area (Å²) in [6.07, 6.45) is 1.66. The Labute approximate surface area is 183 Å². The number of hydrogen-bond acceptors (Lipinski definition) is 4. The van der Waals surface area contributed by atoms with Crippen LogP contribution in [-0.2, 0) is 19.4 Å². The van der Waals surface area contributed by atoms with Gasteiger partial charge in [-0.2, -0.15) is 0 Å². The molecule has 0 spiro atoms. The molecule has 0 bridgehead atoms. The van der Waals surface area contributed by atoms with E-state index < -0.39 is 15.9 Å². The van der Waals surface area contributed by atoms with Crippen LogP contribution in [-0.4, -0.2) is 28.1 Å². The second-order valence-corrected chi connectivity index (χ2v) is 10.7. The van der Waals surface area contributed by atoms with E-state index in [0.717, 1.165) is 15.4 Å². The fourth-order valence-corrected chi connectivity index (χ4v) is 5.32. The Hall–Kier alpha value is -2.66. The van der Waals surface area contributed by atoms with Crippen molar-refractivity contribution in [2.45, 2.75) is 23.8 Å². The summed E-state index contributed by atoms with van der Waals surface area (Å²) in [7, 11) is -3.58. The van der Waals surface area contributed by atoms with Crippen LogP contribution in [0.2, 0.25) is 0 Å². The third kappa shape index (κ3) is 6.70. The molecule has 0 aliphatic carbocycles. The minimum atomic E-state index is -3.58. The van der Waals surface area contributed by atoms with Crippen LogP contribution < -0.4 is 4.46 Å². The fraction of sp³-hybridized carbons (Fsp3) is 0.125. The van der Waals surface area contributed by atoms with Gasteiger partial charge in [0.1, 0.15) is 0 Å². The molecule has 0 aromatic heterocycles. The molecule has 6 heteroatoms. The first-order valence-electron chi connectivity index (χ1n) is 9.47. The van der Waals surface area contributed by atoms with Gasteiger partial charge in [-0.15, -0.1) is 0 Å². The average molecular weight is 485 g/mol. The van der Waals surface area contributed by atoms with Gasteiger partial charge in [-0.05, 0) is 0 Å². The molecule has 154 valence electrons. The summed E-state index contributed by atoms with van der Waals surface area (Å²) in [6, 6.07) is 27.4. The third-order valence-corrected chi connectivity index (χ3v) is 7.68. The van der Waals surface area contributed by atoms with Gasteiger partial charge in [0.05, 0.1) is 0 Å². The maximum absolute atomic E-state index is 12.4. The monoisotopic (exact) mass is 486 g/mol. The van der Waals surface area contributed by atoms with Gasteiger partial charge in [-0.25, -0.2) is 0 Å². The second-order valence-electron chi connectivity index (χ2n) is 6.49. The Morgan fingerprint density at radius 2 is 1.43 bits per heavy atom. The van der Waals surface area contributed by atoms with Crippen LogP contribution in [0, 0.1) is 0 Å². The van der Waals surface area contributed by atoms with Gasteiger partial charge in [0.25, 0.3) is 0 Å². The molecule has 3 rings (SSSR count). The predicted molar refractivity (Wildman–Crippen MR) is 119 cm³/mol. The summed E-state index contributed by atoms with van der Waals surface area (Å²) in [4.78, 5) is 12.6. The van der Waals surface area contributed by atoms with Crippen LogP contribution in [0.25, 0.3) is 0 Å². The Kier molecular flexibility index (Phi) is 8.03. The summed E-state index contributed by atoms with van der Waals surface area (Å²) in [5.41, 5.74) is 0.902. The molecular formula is C24H22O4SSe. The standard InChI is InChI=1S/C24H22O4SSe/c25-24(30-22-14-8-3-9-15-22)17-16-23(20-10-4-1-5-11-20)28-18-19-29(26,27)21-12-6-2-7-13-21/h1-15,18-19,23H,16-17H2/b19-18-. The first-order valence-corrected chi connectivity index (χ1v) is 12.7. The molecule has 0 heterocycles. The summed E-state index contributed by atoms with van der Waals surface area (Å²) in [5.74, 6) is 0. The zero-order chi connectivity index (χ0) is 21.2. The van der Waals surface area contributed by atoms with E-state index in [-0.39, 0.29) is 24.5 Å². The molecule has 3 aromatic carbocycles. The van der Waals surface area contributed by atoms with Crippen LogP contribution in [0.5, 0.6) is 0 Å². The van der Waals surface area contributed by atoms with Crippen molar-refractivity contribution in [2.24, 2.45) is 0 Å². The fourth-order valence-electron chi connectivity index (χ4n) is 2.79. The molecule has 0 N–H and O–H groups in total. The average Bonchev–Trinajstić information content (AvgIpc) is 2.78. The second kappa shape index (κ2) is 10.9. The quantitative estimate of drug-likeness (QED) is 0.322. The van der Waals surface area contributed by atoms with Crippen LogP contribution >= 0.6 is 0 Å². The van der Waals surface area contributed by atoms with Gasteiger partial charge >= 0.3 is 184 Å². The number of carbonyl (C=O) groups excluding carboxylic acids is 1. The van der Waals surface area contributed by atoms with Gasteiger partial charge in [-0.3, -0.25) is 0 Å². The SMILES string of the molecule is O=C(CCC(O/C=C\S(=O)(=O)c1ccccc1)c1ccccc1)[Se]c1ccccc1. The van der Waals surface area contributed by atoms with Crippen molar-refractivity contribution in [3.05, 3.63) is 108 Å². The Morgan fingerprint density at radius 1 is 0.867 bits per heavy atom. The molecule has 1 atom stereocenters. The molecule has 1 unspecified atom stereocenters. The molecule has 30 heavy (non-hydrogen) atoms. The van der Waals surface area contributed by atoms with E-state index in [1.807, 2.05) is 60.7 Å². The Morgan fingerprint density at radius 3 is 2.07 bits per heavy atom. The van der Waals surface area contributed by atoms with E-state index in [0.29, 0.717) is 12.8 Å². The van der Waals surface area contributed by atoms with E-state index in [2.05, 4.69) is 0 Å². The van der Waals surface area contributed by atoms with Crippen molar-refractivity contribution in [3.63, 3.8) is 0 Å². The predicted octanol–water partition coefficient (Wildman–Crippen LogP) is 4.03. The minimum absolute atomic E-state index is 0.180. The molecule has 0 aliphatic rings. The van der Waals surface area contributed by atoms with Crippen molar-refractivity contribution in [1.82, 2.24) is 0 Å². The third-order valence-electron chi connectivity index (χ3n) is 4.31. The van der Waals surface area contributed by atoms with E-state index in [4.69, 9.17) is 4.74 Å². The zero-order valence-electron chi connectivity index (χ0n) is 16.3. The molecular weight excluding hydrogens is 463 g/mol. The van der Waals surface area contributed by atoms with Crippen LogP contribution in [0.3, 0.4) is 0 Å². The van der Waals surface area contributed by atoms with Crippen molar-refractivity contribution in [3.8, 4) is 0 Å². The number of hydrogen-bond donors (Lipinski definition) is 0. The van der Waals surface area contributed by atoms with Crippen molar-refractivity contribution < 1.29 is 17.9 Å². The van der Waals surface area contributed by atoms with Gasteiger partial charge in [0, 0.05) is 0 Å². The molecule has 0 radical (unpaired) electrons. The Balaban J connectivity index is 1.65. The summed E-state index contributed by atoms with van der Waals surface area (Å²) in [6.45, 7) is 0. The molecule has 0 aliphatic heterocycles. The zero-order valence-corrected chi connectivity index (χ0v) is 18.8. The molecule has 3 aromatic rings. The molecule has 0 saturated heterocycles. The van der Waals surface area contributed by atoms with Crippen molar-refractivity contribution in [1.29, 1.82) is 0 Å².